The number of carbonyl (C=O) groups excluding carboxylic acids is 1. The van der Waals surface area contributed by atoms with Crippen LogP contribution in [-0.2, 0) is 6.61 Å². The number of aldehydes is 1. The molecule has 1 heterocycles. The SMILES string of the molecule is Cc1cc(Br)cc(C=O)c1OCc1ccsc1. The maximum Gasteiger partial charge on any atom is 0.153 e. The Morgan fingerprint density at radius 3 is 2.94 bits per heavy atom. The second kappa shape index (κ2) is 5.47. The number of ether oxygens (including phenoxy) is 1. The van der Waals surface area contributed by atoms with Gasteiger partial charge in [-0.1, -0.05) is 15.9 Å². The van der Waals surface area contributed by atoms with E-state index in [1.807, 2.05) is 29.8 Å². The van der Waals surface area contributed by atoms with E-state index in [0.29, 0.717) is 17.9 Å². The van der Waals surface area contributed by atoms with E-state index in [2.05, 4.69) is 15.9 Å². The highest BCUT2D eigenvalue weighted by atomic mass is 79.9. The molecule has 0 saturated heterocycles. The molecule has 0 saturated carbocycles. The molecule has 2 rings (SSSR count). The van der Waals surface area contributed by atoms with Crippen LogP contribution in [0.4, 0.5) is 0 Å². The average Bonchev–Trinajstić information content (AvgIpc) is 2.79. The van der Waals surface area contributed by atoms with Gasteiger partial charge in [0.15, 0.2) is 6.29 Å². The number of benzene rings is 1. The highest BCUT2D eigenvalue weighted by Crippen LogP contribution is 2.27. The fourth-order valence-corrected chi connectivity index (χ4v) is 2.81. The molecule has 0 spiro atoms. The summed E-state index contributed by atoms with van der Waals surface area (Å²) in [5, 5.41) is 4.04. The minimum Gasteiger partial charge on any atom is -0.488 e. The number of hydrogen-bond acceptors (Lipinski definition) is 3. The van der Waals surface area contributed by atoms with Gasteiger partial charge in [0.2, 0.25) is 0 Å². The molecule has 0 bridgehead atoms. The molecule has 4 heteroatoms. The Morgan fingerprint density at radius 1 is 1.47 bits per heavy atom. The molecule has 88 valence electrons. The lowest BCUT2D eigenvalue weighted by Crippen LogP contribution is -1.99. The van der Waals surface area contributed by atoms with Crippen molar-refractivity contribution in [2.45, 2.75) is 13.5 Å². The van der Waals surface area contributed by atoms with Gasteiger partial charge >= 0.3 is 0 Å². The topological polar surface area (TPSA) is 26.3 Å². The molecule has 0 aliphatic rings. The van der Waals surface area contributed by atoms with Crippen molar-refractivity contribution in [1.82, 2.24) is 0 Å². The Morgan fingerprint density at radius 2 is 2.29 bits per heavy atom. The smallest absolute Gasteiger partial charge is 0.153 e. The van der Waals surface area contributed by atoms with Crippen molar-refractivity contribution in [3.8, 4) is 5.75 Å². The molecule has 0 aliphatic carbocycles. The monoisotopic (exact) mass is 310 g/mol. The molecule has 0 unspecified atom stereocenters. The lowest BCUT2D eigenvalue weighted by molar-refractivity contribution is 0.111. The van der Waals surface area contributed by atoms with Crippen molar-refractivity contribution in [2.75, 3.05) is 0 Å². The van der Waals surface area contributed by atoms with E-state index in [1.165, 1.54) is 0 Å². The number of carbonyl (C=O) groups is 1. The van der Waals surface area contributed by atoms with Gasteiger partial charge < -0.3 is 4.74 Å². The number of rotatable bonds is 4. The molecule has 0 radical (unpaired) electrons. The third kappa shape index (κ3) is 2.96. The summed E-state index contributed by atoms with van der Waals surface area (Å²) < 4.78 is 6.60. The second-order valence-electron chi connectivity index (χ2n) is 3.68. The first-order chi connectivity index (χ1) is 8.20. The first-order valence-electron chi connectivity index (χ1n) is 5.10. The number of hydrogen-bond donors (Lipinski definition) is 0. The van der Waals surface area contributed by atoms with Crippen molar-refractivity contribution in [2.24, 2.45) is 0 Å². The average molecular weight is 311 g/mol. The minimum absolute atomic E-state index is 0.493. The second-order valence-corrected chi connectivity index (χ2v) is 5.37. The molecule has 1 aromatic carbocycles. The summed E-state index contributed by atoms with van der Waals surface area (Å²) in [6, 6.07) is 5.72. The summed E-state index contributed by atoms with van der Waals surface area (Å²) in [4.78, 5) is 11.0. The normalized spacial score (nSPS) is 10.2. The van der Waals surface area contributed by atoms with Crippen LogP contribution < -0.4 is 4.74 Å². The van der Waals surface area contributed by atoms with E-state index >= 15 is 0 Å². The zero-order valence-corrected chi connectivity index (χ0v) is 11.7. The van der Waals surface area contributed by atoms with Crippen LogP contribution in [0.15, 0.2) is 33.4 Å². The quantitative estimate of drug-likeness (QED) is 0.791. The Hall–Kier alpha value is -1.13. The van der Waals surface area contributed by atoms with Crippen molar-refractivity contribution in [3.05, 3.63) is 50.1 Å². The van der Waals surface area contributed by atoms with Crippen molar-refractivity contribution >= 4 is 33.6 Å². The highest BCUT2D eigenvalue weighted by molar-refractivity contribution is 9.10. The fraction of sp³-hybridized carbons (Fsp3) is 0.154. The van der Waals surface area contributed by atoms with Gasteiger partial charge in [0.1, 0.15) is 12.4 Å². The van der Waals surface area contributed by atoms with E-state index in [0.717, 1.165) is 21.9 Å². The molecule has 17 heavy (non-hydrogen) atoms. The molecule has 0 N–H and O–H groups in total. The van der Waals surface area contributed by atoms with Crippen LogP contribution in [0.1, 0.15) is 21.5 Å². The van der Waals surface area contributed by atoms with Crippen LogP contribution >= 0.6 is 27.3 Å². The lowest BCUT2D eigenvalue weighted by Gasteiger charge is -2.11. The fourth-order valence-electron chi connectivity index (χ4n) is 1.57. The van der Waals surface area contributed by atoms with Gasteiger partial charge in [-0.15, -0.1) is 0 Å². The summed E-state index contributed by atoms with van der Waals surface area (Å²) >= 11 is 5.00. The maximum atomic E-state index is 11.0. The van der Waals surface area contributed by atoms with E-state index in [1.54, 1.807) is 17.4 Å². The van der Waals surface area contributed by atoms with Crippen molar-refractivity contribution < 1.29 is 9.53 Å². The van der Waals surface area contributed by atoms with Crippen LogP contribution in [0, 0.1) is 6.92 Å². The standard InChI is InChI=1S/C13H11BrO2S/c1-9-4-12(14)5-11(6-15)13(9)16-7-10-2-3-17-8-10/h2-6,8H,7H2,1H3. The summed E-state index contributed by atoms with van der Waals surface area (Å²) in [5.74, 6) is 0.661. The predicted octanol–water partition coefficient (Wildman–Crippen LogP) is 4.21. The summed E-state index contributed by atoms with van der Waals surface area (Å²) in [6.07, 6.45) is 0.820. The molecule has 0 amide bonds. The molecule has 0 aliphatic heterocycles. The van der Waals surface area contributed by atoms with Crippen LogP contribution in [0.2, 0.25) is 0 Å². The van der Waals surface area contributed by atoms with Gasteiger partial charge in [-0.2, -0.15) is 11.3 Å². The first kappa shape index (κ1) is 12.3. The molecule has 1 aromatic heterocycles. The Balaban J connectivity index is 2.22. The van der Waals surface area contributed by atoms with Gasteiger partial charge in [0.05, 0.1) is 5.56 Å². The van der Waals surface area contributed by atoms with Gasteiger partial charge in [-0.25, -0.2) is 0 Å². The first-order valence-corrected chi connectivity index (χ1v) is 6.83. The number of aryl methyl sites for hydroxylation is 1. The third-order valence-electron chi connectivity index (χ3n) is 2.36. The Labute approximate surface area is 112 Å². The summed E-state index contributed by atoms with van der Waals surface area (Å²) in [7, 11) is 0. The number of thiophene rings is 1. The van der Waals surface area contributed by atoms with Gasteiger partial charge in [-0.3, -0.25) is 4.79 Å². The molecule has 0 fully saturated rings. The molecule has 0 atom stereocenters. The number of halogens is 1. The Bertz CT molecular complexity index is 520. The maximum absolute atomic E-state index is 11.0. The highest BCUT2D eigenvalue weighted by Gasteiger charge is 2.08. The van der Waals surface area contributed by atoms with Crippen molar-refractivity contribution in [1.29, 1.82) is 0 Å². The van der Waals surface area contributed by atoms with Crippen molar-refractivity contribution in [3.63, 3.8) is 0 Å². The minimum atomic E-state index is 0.493. The van der Waals surface area contributed by atoms with Crippen LogP contribution in [0.3, 0.4) is 0 Å². The van der Waals surface area contributed by atoms with E-state index in [4.69, 9.17) is 4.74 Å². The molecular formula is C13H11BrO2S. The van der Waals surface area contributed by atoms with E-state index < -0.39 is 0 Å². The summed E-state index contributed by atoms with van der Waals surface area (Å²) in [5.41, 5.74) is 2.65. The predicted molar refractivity (Wildman–Crippen MR) is 72.9 cm³/mol. The largest absolute Gasteiger partial charge is 0.488 e. The summed E-state index contributed by atoms with van der Waals surface area (Å²) in [6.45, 7) is 2.42. The van der Waals surface area contributed by atoms with Gasteiger partial charge in [0.25, 0.3) is 0 Å². The van der Waals surface area contributed by atoms with Crippen LogP contribution in [0.5, 0.6) is 5.75 Å². The van der Waals surface area contributed by atoms with Crippen LogP contribution in [-0.4, -0.2) is 6.29 Å². The zero-order chi connectivity index (χ0) is 12.3. The van der Waals surface area contributed by atoms with E-state index in [-0.39, 0.29) is 0 Å². The lowest BCUT2D eigenvalue weighted by atomic mass is 10.1. The van der Waals surface area contributed by atoms with Crippen LogP contribution in [0.25, 0.3) is 0 Å². The Kier molecular flexibility index (Phi) is 3.97. The van der Waals surface area contributed by atoms with Gasteiger partial charge in [0, 0.05) is 4.47 Å². The molecular weight excluding hydrogens is 300 g/mol. The molecule has 2 aromatic rings. The molecule has 2 nitrogen and oxygen atoms in total. The zero-order valence-electron chi connectivity index (χ0n) is 9.27. The van der Waals surface area contributed by atoms with E-state index in [9.17, 15) is 4.79 Å². The third-order valence-corrected chi connectivity index (χ3v) is 3.55. The van der Waals surface area contributed by atoms with Gasteiger partial charge in [-0.05, 0) is 47.0 Å².